The summed E-state index contributed by atoms with van der Waals surface area (Å²) in [7, 11) is 0. The van der Waals surface area contributed by atoms with Crippen LogP contribution in [0.4, 0.5) is 14.9 Å². The second-order valence-corrected chi connectivity index (χ2v) is 4.65. The Morgan fingerprint density at radius 3 is 2.81 bits per heavy atom. The van der Waals surface area contributed by atoms with Gasteiger partial charge in [0.15, 0.2) is 0 Å². The molecule has 8 heteroatoms. The number of benzene rings is 1. The van der Waals surface area contributed by atoms with Gasteiger partial charge in [-0.25, -0.2) is 15.0 Å². The van der Waals surface area contributed by atoms with E-state index in [2.05, 4.69) is 31.4 Å². The van der Waals surface area contributed by atoms with Gasteiger partial charge in [0, 0.05) is 16.2 Å². The molecule has 0 aliphatic carbocycles. The van der Waals surface area contributed by atoms with Crippen molar-refractivity contribution in [3.63, 3.8) is 0 Å². The second-order valence-electron chi connectivity index (χ2n) is 3.79. The smallest absolute Gasteiger partial charge is 0.306 e. The van der Waals surface area contributed by atoms with Crippen LogP contribution < -0.4 is 16.6 Å². The molecule has 6 nitrogen and oxygen atoms in total. The first-order valence-electron chi connectivity index (χ1n) is 5.54. The fourth-order valence-corrected chi connectivity index (χ4v) is 2.11. The van der Waals surface area contributed by atoms with Crippen molar-refractivity contribution >= 4 is 39.8 Å². The third kappa shape index (κ3) is 4.40. The van der Waals surface area contributed by atoms with Crippen LogP contribution in [0.15, 0.2) is 28.9 Å². The number of amides is 2. The van der Waals surface area contributed by atoms with Crippen LogP contribution in [0, 0.1) is 5.82 Å². The lowest BCUT2D eigenvalue weighted by atomic mass is 10.1. The normalized spacial score (nSPS) is 10.2. The maximum atomic E-state index is 13.4. The molecule has 2 aromatic rings. The van der Waals surface area contributed by atoms with Gasteiger partial charge in [0.05, 0.1) is 11.4 Å². The average Bonchev–Trinajstić information content (AvgIpc) is 2.90. The number of aromatic amines is 1. The van der Waals surface area contributed by atoms with Crippen LogP contribution in [-0.2, 0) is 0 Å². The lowest BCUT2D eigenvalue weighted by Gasteiger charge is -2.10. The highest BCUT2D eigenvalue weighted by atomic mass is 79.9. The average molecular weight is 356 g/mol. The fraction of sp³-hybridized carbons (Fsp3) is 0.0769. The molecule has 2 amide bonds. The minimum Gasteiger partial charge on any atom is -0.306 e. The van der Waals surface area contributed by atoms with Gasteiger partial charge in [0.25, 0.3) is 0 Å². The summed E-state index contributed by atoms with van der Waals surface area (Å²) in [6.45, 7) is 0. The molecule has 0 atom stereocenters. The fourth-order valence-electron chi connectivity index (χ4n) is 1.55. The highest BCUT2D eigenvalue weighted by Crippen LogP contribution is 2.28. The van der Waals surface area contributed by atoms with E-state index in [4.69, 9.17) is 5.84 Å². The number of carbonyl (C=O) groups excluding carboxylic acids is 1. The van der Waals surface area contributed by atoms with Crippen molar-refractivity contribution in [2.45, 2.75) is 7.43 Å². The molecule has 0 unspecified atom stereocenters. The molecule has 21 heavy (non-hydrogen) atoms. The van der Waals surface area contributed by atoms with Gasteiger partial charge < -0.3 is 5.32 Å². The van der Waals surface area contributed by atoms with E-state index in [1.54, 1.807) is 24.4 Å². The maximum absolute atomic E-state index is 13.4. The Hall–Kier alpha value is -2.19. The molecule has 0 spiro atoms. The van der Waals surface area contributed by atoms with Gasteiger partial charge >= 0.3 is 6.03 Å². The third-order valence-electron chi connectivity index (χ3n) is 2.43. The first-order valence-corrected chi connectivity index (χ1v) is 6.33. The first kappa shape index (κ1) is 16.9. The number of nitrogens with zero attached hydrogens (tertiary/aromatic N) is 1. The summed E-state index contributed by atoms with van der Waals surface area (Å²) >= 11 is 3.25. The molecule has 1 aromatic heterocycles. The molecule has 0 aliphatic rings. The Bertz CT molecular complexity index is 642. The number of urea groups is 1. The molecular weight excluding hydrogens is 341 g/mol. The van der Waals surface area contributed by atoms with Gasteiger partial charge in [0.2, 0.25) is 0 Å². The molecule has 5 N–H and O–H groups in total. The van der Waals surface area contributed by atoms with Crippen molar-refractivity contribution in [3.8, 4) is 0 Å². The summed E-state index contributed by atoms with van der Waals surface area (Å²) in [5, 5.41) is 9.02. The van der Waals surface area contributed by atoms with E-state index >= 15 is 0 Å². The number of hydrogen-bond acceptors (Lipinski definition) is 3. The number of hydrogen-bond donors (Lipinski definition) is 4. The van der Waals surface area contributed by atoms with Crippen molar-refractivity contribution in [3.05, 3.63) is 45.9 Å². The van der Waals surface area contributed by atoms with Gasteiger partial charge in [-0.2, -0.15) is 5.10 Å². The standard InChI is InChI=1S/C12H11BrFN5O.CH4/c13-10-5-7(14)6-11(17-12(20)18-15)9(10)2-1-8-3-4-16-19-8;/h1-6H,15H2,(H,16,19)(H2,17,18,20);1H4/b2-1+;. The zero-order chi connectivity index (χ0) is 14.5. The number of halogens is 2. The van der Waals surface area contributed by atoms with E-state index in [0.29, 0.717) is 10.0 Å². The number of H-pyrrole nitrogens is 1. The first-order chi connectivity index (χ1) is 9.60. The van der Waals surface area contributed by atoms with Crippen molar-refractivity contribution in [1.82, 2.24) is 15.6 Å². The highest BCUT2D eigenvalue weighted by Gasteiger charge is 2.09. The van der Waals surface area contributed by atoms with E-state index in [9.17, 15) is 9.18 Å². The molecule has 112 valence electrons. The topological polar surface area (TPSA) is 95.8 Å². The summed E-state index contributed by atoms with van der Waals surface area (Å²) < 4.78 is 13.9. The van der Waals surface area contributed by atoms with Crippen molar-refractivity contribution in [2.24, 2.45) is 5.84 Å². The zero-order valence-corrected chi connectivity index (χ0v) is 11.7. The predicted octanol–water partition coefficient (Wildman–Crippen LogP) is 3.11. The Morgan fingerprint density at radius 2 is 2.19 bits per heavy atom. The van der Waals surface area contributed by atoms with E-state index in [-0.39, 0.29) is 13.1 Å². The zero-order valence-electron chi connectivity index (χ0n) is 10.2. The monoisotopic (exact) mass is 355 g/mol. The summed E-state index contributed by atoms with van der Waals surface area (Å²) in [5.74, 6) is 4.51. The number of aromatic nitrogens is 2. The summed E-state index contributed by atoms with van der Waals surface area (Å²) in [5.41, 5.74) is 3.58. The summed E-state index contributed by atoms with van der Waals surface area (Å²) in [6, 6.07) is 3.64. The quantitative estimate of drug-likeness (QED) is 0.387. The Kier molecular flexibility index (Phi) is 6.07. The molecule has 2 rings (SSSR count). The minimum atomic E-state index is -0.640. The van der Waals surface area contributed by atoms with Crippen LogP contribution in [0.25, 0.3) is 12.2 Å². The predicted molar refractivity (Wildman–Crippen MR) is 84.7 cm³/mol. The Morgan fingerprint density at radius 1 is 1.43 bits per heavy atom. The number of anilines is 1. The third-order valence-corrected chi connectivity index (χ3v) is 3.08. The van der Waals surface area contributed by atoms with Crippen LogP contribution in [-0.4, -0.2) is 16.2 Å². The molecule has 1 aromatic carbocycles. The highest BCUT2D eigenvalue weighted by molar-refractivity contribution is 9.10. The lowest BCUT2D eigenvalue weighted by molar-refractivity contribution is 0.252. The van der Waals surface area contributed by atoms with E-state index in [1.165, 1.54) is 12.1 Å². The van der Waals surface area contributed by atoms with E-state index < -0.39 is 11.8 Å². The van der Waals surface area contributed by atoms with Crippen molar-refractivity contribution in [1.29, 1.82) is 0 Å². The number of carbonyl (C=O) groups is 1. The summed E-state index contributed by atoms with van der Waals surface area (Å²) in [6.07, 6.45) is 5.07. The Balaban J connectivity index is 0.00000220. The van der Waals surface area contributed by atoms with Gasteiger partial charge in [-0.05, 0) is 46.3 Å². The lowest BCUT2D eigenvalue weighted by Crippen LogP contribution is -2.34. The number of rotatable bonds is 3. The largest absolute Gasteiger partial charge is 0.333 e. The SMILES string of the molecule is C.NNC(=O)Nc1cc(F)cc(Br)c1/C=C/c1ccn[nH]1. The van der Waals surface area contributed by atoms with Crippen LogP contribution in [0.2, 0.25) is 0 Å². The molecule has 0 radical (unpaired) electrons. The number of nitrogens with two attached hydrogens (primary N) is 1. The number of hydrazine groups is 1. The van der Waals surface area contributed by atoms with E-state index in [0.717, 1.165) is 5.69 Å². The van der Waals surface area contributed by atoms with Crippen LogP contribution >= 0.6 is 15.9 Å². The van der Waals surface area contributed by atoms with Gasteiger partial charge in [-0.3, -0.25) is 10.5 Å². The molecule has 0 saturated heterocycles. The molecule has 0 fully saturated rings. The van der Waals surface area contributed by atoms with Crippen molar-refractivity contribution < 1.29 is 9.18 Å². The van der Waals surface area contributed by atoms with Crippen LogP contribution in [0.5, 0.6) is 0 Å². The molecular formula is C13H15BrFN5O. The van der Waals surface area contributed by atoms with Gasteiger partial charge in [-0.1, -0.05) is 7.43 Å². The number of nitrogens with one attached hydrogen (secondary N) is 3. The summed E-state index contributed by atoms with van der Waals surface area (Å²) in [4.78, 5) is 11.3. The van der Waals surface area contributed by atoms with Crippen LogP contribution in [0.3, 0.4) is 0 Å². The van der Waals surface area contributed by atoms with E-state index in [1.807, 2.05) is 5.43 Å². The van der Waals surface area contributed by atoms with Gasteiger partial charge in [-0.15, -0.1) is 0 Å². The molecule has 1 heterocycles. The Labute approximate surface area is 129 Å². The maximum Gasteiger partial charge on any atom is 0.333 e. The van der Waals surface area contributed by atoms with Crippen molar-refractivity contribution in [2.75, 3.05) is 5.32 Å². The van der Waals surface area contributed by atoms with Crippen LogP contribution in [0.1, 0.15) is 18.7 Å². The molecule has 0 bridgehead atoms. The second kappa shape index (κ2) is 7.55. The molecule has 0 aliphatic heterocycles. The minimum absolute atomic E-state index is 0. The molecule has 0 saturated carbocycles. The van der Waals surface area contributed by atoms with Gasteiger partial charge in [0.1, 0.15) is 5.82 Å².